The smallest absolute Gasteiger partial charge is 0.224 e. The highest BCUT2D eigenvalue weighted by Crippen LogP contribution is 2.05. The van der Waals surface area contributed by atoms with Crippen molar-refractivity contribution in [1.82, 2.24) is 0 Å². The first-order valence-electron chi connectivity index (χ1n) is 5.64. The molecule has 2 N–H and O–H groups in total. The standard InChI is InChI=1S/C14H14N2O/c17-14(16-13-7-4-10-15-11-13)9-8-12-5-2-1-3-6-12/h1-7,10-11H,8-9H2,(H,16,17)/p+1. The Morgan fingerprint density at radius 3 is 2.65 bits per heavy atom. The summed E-state index contributed by atoms with van der Waals surface area (Å²) in [4.78, 5) is 14.6. The van der Waals surface area contributed by atoms with Crippen LogP contribution in [0.4, 0.5) is 5.69 Å². The van der Waals surface area contributed by atoms with Gasteiger partial charge >= 0.3 is 0 Å². The maximum absolute atomic E-state index is 11.7. The summed E-state index contributed by atoms with van der Waals surface area (Å²) in [7, 11) is 0. The van der Waals surface area contributed by atoms with E-state index in [1.165, 1.54) is 5.56 Å². The number of benzene rings is 1. The Morgan fingerprint density at radius 2 is 1.94 bits per heavy atom. The zero-order chi connectivity index (χ0) is 11.9. The summed E-state index contributed by atoms with van der Waals surface area (Å²) >= 11 is 0. The molecular weight excluding hydrogens is 212 g/mol. The van der Waals surface area contributed by atoms with E-state index in [1.807, 2.05) is 42.5 Å². The lowest BCUT2D eigenvalue weighted by Crippen LogP contribution is -2.14. The molecule has 3 nitrogen and oxygen atoms in total. The number of nitrogens with one attached hydrogen (secondary N) is 2. The lowest BCUT2D eigenvalue weighted by molar-refractivity contribution is -0.377. The monoisotopic (exact) mass is 227 g/mol. The summed E-state index contributed by atoms with van der Waals surface area (Å²) in [6, 6.07) is 13.7. The summed E-state index contributed by atoms with van der Waals surface area (Å²) in [6.45, 7) is 0. The number of pyridine rings is 1. The van der Waals surface area contributed by atoms with Crippen LogP contribution in [0.1, 0.15) is 12.0 Å². The van der Waals surface area contributed by atoms with Crippen LogP contribution in [-0.2, 0) is 11.2 Å². The van der Waals surface area contributed by atoms with Gasteiger partial charge < -0.3 is 5.32 Å². The fraction of sp³-hybridized carbons (Fsp3) is 0.143. The van der Waals surface area contributed by atoms with Crippen molar-refractivity contribution in [3.05, 3.63) is 60.4 Å². The third-order valence-corrected chi connectivity index (χ3v) is 2.47. The number of carbonyl (C=O) groups is 1. The number of hydrogen-bond acceptors (Lipinski definition) is 1. The van der Waals surface area contributed by atoms with Crippen LogP contribution < -0.4 is 10.3 Å². The molecule has 1 aromatic carbocycles. The summed E-state index contributed by atoms with van der Waals surface area (Å²) in [5.41, 5.74) is 1.98. The third-order valence-electron chi connectivity index (χ3n) is 2.47. The Morgan fingerprint density at radius 1 is 1.12 bits per heavy atom. The molecule has 1 heterocycles. The highest BCUT2D eigenvalue weighted by atomic mass is 16.1. The minimum absolute atomic E-state index is 0.0356. The van der Waals surface area contributed by atoms with Gasteiger partial charge in [0.15, 0.2) is 12.4 Å². The van der Waals surface area contributed by atoms with E-state index in [-0.39, 0.29) is 5.91 Å². The molecule has 0 radical (unpaired) electrons. The van der Waals surface area contributed by atoms with E-state index in [0.29, 0.717) is 6.42 Å². The van der Waals surface area contributed by atoms with Crippen molar-refractivity contribution in [2.24, 2.45) is 0 Å². The molecule has 0 atom stereocenters. The summed E-state index contributed by atoms with van der Waals surface area (Å²) < 4.78 is 0. The summed E-state index contributed by atoms with van der Waals surface area (Å²) in [6.07, 6.45) is 4.84. The van der Waals surface area contributed by atoms with Gasteiger partial charge in [-0.1, -0.05) is 30.3 Å². The molecule has 0 bridgehead atoms. The second kappa shape index (κ2) is 5.80. The normalized spacial score (nSPS) is 9.88. The topological polar surface area (TPSA) is 43.2 Å². The Labute approximate surface area is 101 Å². The van der Waals surface area contributed by atoms with Gasteiger partial charge in [0.2, 0.25) is 5.91 Å². The van der Waals surface area contributed by atoms with E-state index in [0.717, 1.165) is 12.1 Å². The van der Waals surface area contributed by atoms with Gasteiger partial charge in [0.05, 0.1) is 0 Å². The van der Waals surface area contributed by atoms with Crippen molar-refractivity contribution in [3.63, 3.8) is 0 Å². The van der Waals surface area contributed by atoms with Crippen LogP contribution in [0.15, 0.2) is 54.9 Å². The minimum Gasteiger partial charge on any atom is -0.321 e. The predicted molar refractivity (Wildman–Crippen MR) is 66.4 cm³/mol. The van der Waals surface area contributed by atoms with Gasteiger partial charge in [0, 0.05) is 12.5 Å². The molecule has 0 aliphatic carbocycles. The zero-order valence-electron chi connectivity index (χ0n) is 9.52. The number of anilines is 1. The highest BCUT2D eigenvalue weighted by molar-refractivity contribution is 5.90. The van der Waals surface area contributed by atoms with E-state index < -0.39 is 0 Å². The van der Waals surface area contributed by atoms with Crippen LogP contribution in [0.2, 0.25) is 0 Å². The average Bonchev–Trinajstić information content (AvgIpc) is 2.39. The molecule has 0 saturated carbocycles. The van der Waals surface area contributed by atoms with E-state index in [1.54, 1.807) is 12.4 Å². The molecule has 2 aromatic rings. The summed E-state index contributed by atoms with van der Waals surface area (Å²) in [5, 5.41) is 2.84. The van der Waals surface area contributed by atoms with Crippen LogP contribution >= 0.6 is 0 Å². The zero-order valence-corrected chi connectivity index (χ0v) is 9.52. The van der Waals surface area contributed by atoms with Gasteiger partial charge in [-0.05, 0) is 18.1 Å². The molecule has 1 aromatic heterocycles. The maximum atomic E-state index is 11.7. The molecule has 2 rings (SSSR count). The van der Waals surface area contributed by atoms with Gasteiger partial charge in [-0.3, -0.25) is 4.79 Å². The van der Waals surface area contributed by atoms with Crippen LogP contribution in [0.5, 0.6) is 0 Å². The van der Waals surface area contributed by atoms with Crippen molar-refractivity contribution >= 4 is 11.6 Å². The molecule has 0 fully saturated rings. The molecule has 0 unspecified atom stereocenters. The number of amides is 1. The number of aromatic nitrogens is 1. The van der Waals surface area contributed by atoms with Gasteiger partial charge in [-0.15, -0.1) is 0 Å². The quantitative estimate of drug-likeness (QED) is 0.853. The first kappa shape index (κ1) is 11.3. The molecule has 1 amide bonds. The molecular formula is C14H15N2O+. The number of aryl methyl sites for hydroxylation is 1. The molecule has 0 saturated heterocycles. The third kappa shape index (κ3) is 3.72. The maximum Gasteiger partial charge on any atom is 0.224 e. The van der Waals surface area contributed by atoms with Gasteiger partial charge in [-0.25, -0.2) is 4.98 Å². The molecule has 0 spiro atoms. The first-order valence-corrected chi connectivity index (χ1v) is 5.64. The molecule has 86 valence electrons. The van der Waals surface area contributed by atoms with Gasteiger partial charge in [0.1, 0.15) is 5.69 Å². The lowest BCUT2D eigenvalue weighted by atomic mass is 10.1. The molecule has 17 heavy (non-hydrogen) atoms. The van der Waals surface area contributed by atoms with Crippen LogP contribution in [0, 0.1) is 0 Å². The number of hydrogen-bond donors (Lipinski definition) is 1. The fourth-order valence-corrected chi connectivity index (χ4v) is 1.60. The molecule has 3 heteroatoms. The second-order valence-electron chi connectivity index (χ2n) is 3.83. The van der Waals surface area contributed by atoms with Crippen molar-refractivity contribution < 1.29 is 9.78 Å². The molecule has 0 aliphatic heterocycles. The van der Waals surface area contributed by atoms with Gasteiger partial charge in [0.25, 0.3) is 0 Å². The first-order chi connectivity index (χ1) is 8.34. The van der Waals surface area contributed by atoms with Crippen molar-refractivity contribution in [2.75, 3.05) is 5.32 Å². The van der Waals surface area contributed by atoms with E-state index in [4.69, 9.17) is 0 Å². The number of H-pyrrole nitrogens is 1. The van der Waals surface area contributed by atoms with Crippen molar-refractivity contribution in [1.29, 1.82) is 0 Å². The molecule has 0 aliphatic rings. The average molecular weight is 227 g/mol. The van der Waals surface area contributed by atoms with E-state index >= 15 is 0 Å². The summed E-state index contributed by atoms with van der Waals surface area (Å²) in [5.74, 6) is 0.0356. The van der Waals surface area contributed by atoms with Crippen LogP contribution in [0.25, 0.3) is 0 Å². The van der Waals surface area contributed by atoms with Crippen LogP contribution in [-0.4, -0.2) is 5.91 Å². The fourth-order valence-electron chi connectivity index (χ4n) is 1.60. The van der Waals surface area contributed by atoms with E-state index in [9.17, 15) is 4.79 Å². The Bertz CT molecular complexity index is 468. The van der Waals surface area contributed by atoms with E-state index in [2.05, 4.69) is 10.3 Å². The van der Waals surface area contributed by atoms with Crippen molar-refractivity contribution in [2.45, 2.75) is 12.8 Å². The minimum atomic E-state index is 0.0356. The van der Waals surface area contributed by atoms with Gasteiger partial charge in [-0.2, -0.15) is 0 Å². The highest BCUT2D eigenvalue weighted by Gasteiger charge is 2.03. The Balaban J connectivity index is 1.83. The number of carbonyl (C=O) groups excluding carboxylic acids is 1. The predicted octanol–water partition coefficient (Wildman–Crippen LogP) is 2.07. The number of aromatic amines is 1. The Hall–Kier alpha value is -2.16. The lowest BCUT2D eigenvalue weighted by Gasteiger charge is -2.03. The number of rotatable bonds is 4. The second-order valence-corrected chi connectivity index (χ2v) is 3.83. The van der Waals surface area contributed by atoms with Crippen molar-refractivity contribution in [3.8, 4) is 0 Å². The Kier molecular flexibility index (Phi) is 3.86. The van der Waals surface area contributed by atoms with Crippen LogP contribution in [0.3, 0.4) is 0 Å². The SMILES string of the molecule is O=C(CCc1ccccc1)Nc1ccc[nH+]c1. The largest absolute Gasteiger partial charge is 0.321 e.